The van der Waals surface area contributed by atoms with Crippen molar-refractivity contribution in [1.29, 1.82) is 0 Å². The normalized spacial score (nSPS) is 10.6. The number of carbonyl (C=O) groups excluding carboxylic acids is 2. The third kappa shape index (κ3) is 5.61. The summed E-state index contributed by atoms with van der Waals surface area (Å²) in [7, 11) is 3.11. The standard InChI is InChI=1S/C20H19N5O4S/c1-28-15-9-7-13(8-10-15)19(27)22-20-25-24-18(30-20)11-17(26)23-21-12-14-5-3-4-6-16(14)29-2/h3-10,12H,11H2,1-2H3,(H,23,26)(H,22,25,27)/b21-12+. The Bertz CT molecular complexity index is 1050. The van der Waals surface area contributed by atoms with Crippen LogP contribution in [0.4, 0.5) is 5.13 Å². The summed E-state index contributed by atoms with van der Waals surface area (Å²) in [4.78, 5) is 24.3. The van der Waals surface area contributed by atoms with Gasteiger partial charge in [-0.25, -0.2) is 5.43 Å². The van der Waals surface area contributed by atoms with Crippen LogP contribution >= 0.6 is 11.3 Å². The number of amides is 2. The molecular formula is C20H19N5O4S. The molecule has 3 rings (SSSR count). The molecule has 0 radical (unpaired) electrons. The fourth-order valence-corrected chi connectivity index (χ4v) is 3.14. The maximum atomic E-state index is 12.3. The molecule has 0 unspecified atom stereocenters. The average Bonchev–Trinajstić information content (AvgIpc) is 3.20. The number of ether oxygens (including phenoxy) is 2. The van der Waals surface area contributed by atoms with Crippen molar-refractivity contribution in [2.24, 2.45) is 5.10 Å². The van der Waals surface area contributed by atoms with E-state index < -0.39 is 0 Å². The maximum absolute atomic E-state index is 12.3. The van der Waals surface area contributed by atoms with Gasteiger partial charge in [0, 0.05) is 11.1 Å². The Balaban J connectivity index is 1.52. The Kier molecular flexibility index (Phi) is 7.06. The van der Waals surface area contributed by atoms with Gasteiger partial charge in [0.05, 0.1) is 26.9 Å². The quantitative estimate of drug-likeness (QED) is 0.423. The SMILES string of the molecule is COc1ccc(C(=O)Nc2nnc(CC(=O)N/N=C/c3ccccc3OC)s2)cc1. The predicted octanol–water partition coefficient (Wildman–Crippen LogP) is 2.50. The summed E-state index contributed by atoms with van der Waals surface area (Å²) in [6.07, 6.45) is 1.48. The molecule has 0 aliphatic carbocycles. The van der Waals surface area contributed by atoms with Gasteiger partial charge in [-0.15, -0.1) is 10.2 Å². The van der Waals surface area contributed by atoms with Crippen LogP contribution in [0.3, 0.4) is 0 Å². The summed E-state index contributed by atoms with van der Waals surface area (Å²) >= 11 is 1.12. The van der Waals surface area contributed by atoms with Crippen molar-refractivity contribution in [1.82, 2.24) is 15.6 Å². The summed E-state index contributed by atoms with van der Waals surface area (Å²) in [5, 5.41) is 15.2. The molecule has 3 aromatic rings. The topological polar surface area (TPSA) is 115 Å². The van der Waals surface area contributed by atoms with Crippen LogP contribution in [0.5, 0.6) is 11.5 Å². The lowest BCUT2D eigenvalue weighted by molar-refractivity contribution is -0.120. The van der Waals surface area contributed by atoms with Crippen LogP contribution in [0, 0.1) is 0 Å². The van der Waals surface area contributed by atoms with Crippen molar-refractivity contribution in [3.8, 4) is 11.5 Å². The molecule has 0 atom stereocenters. The minimum atomic E-state index is -0.356. The molecule has 9 nitrogen and oxygen atoms in total. The largest absolute Gasteiger partial charge is 0.497 e. The van der Waals surface area contributed by atoms with E-state index in [0.717, 1.165) is 16.9 Å². The van der Waals surface area contributed by atoms with Gasteiger partial charge in [-0.3, -0.25) is 14.9 Å². The van der Waals surface area contributed by atoms with E-state index >= 15 is 0 Å². The van der Waals surface area contributed by atoms with Crippen molar-refractivity contribution >= 4 is 34.5 Å². The number of carbonyl (C=O) groups is 2. The highest BCUT2D eigenvalue weighted by Crippen LogP contribution is 2.18. The van der Waals surface area contributed by atoms with Crippen molar-refractivity contribution in [3.05, 3.63) is 64.7 Å². The van der Waals surface area contributed by atoms with E-state index in [1.54, 1.807) is 44.6 Å². The molecule has 2 aromatic carbocycles. The smallest absolute Gasteiger partial charge is 0.257 e. The molecule has 0 fully saturated rings. The molecule has 0 saturated heterocycles. The zero-order valence-corrected chi connectivity index (χ0v) is 17.1. The monoisotopic (exact) mass is 425 g/mol. The second-order valence-electron chi connectivity index (χ2n) is 5.90. The van der Waals surface area contributed by atoms with E-state index in [1.807, 2.05) is 18.2 Å². The number of rotatable bonds is 8. The van der Waals surface area contributed by atoms with Gasteiger partial charge in [0.15, 0.2) is 0 Å². The number of hydrogen-bond donors (Lipinski definition) is 2. The Morgan fingerprint density at radius 2 is 1.83 bits per heavy atom. The van der Waals surface area contributed by atoms with Crippen molar-refractivity contribution in [2.45, 2.75) is 6.42 Å². The van der Waals surface area contributed by atoms with Gasteiger partial charge >= 0.3 is 0 Å². The number of para-hydroxylation sites is 1. The van der Waals surface area contributed by atoms with Crippen molar-refractivity contribution in [2.75, 3.05) is 19.5 Å². The van der Waals surface area contributed by atoms with E-state index in [0.29, 0.717) is 27.2 Å². The van der Waals surface area contributed by atoms with E-state index in [2.05, 4.69) is 26.0 Å². The minimum Gasteiger partial charge on any atom is -0.497 e. The van der Waals surface area contributed by atoms with Gasteiger partial charge in [-0.2, -0.15) is 5.10 Å². The third-order valence-corrected chi connectivity index (χ3v) is 4.72. The highest BCUT2D eigenvalue weighted by atomic mass is 32.1. The molecule has 0 spiro atoms. The number of benzene rings is 2. The number of methoxy groups -OCH3 is 2. The molecule has 2 N–H and O–H groups in total. The molecule has 2 amide bonds. The molecule has 0 bridgehead atoms. The van der Waals surface area contributed by atoms with Gasteiger partial charge in [-0.1, -0.05) is 23.5 Å². The van der Waals surface area contributed by atoms with Gasteiger partial charge in [-0.05, 0) is 36.4 Å². The maximum Gasteiger partial charge on any atom is 0.257 e. The lowest BCUT2D eigenvalue weighted by Gasteiger charge is -2.03. The molecule has 30 heavy (non-hydrogen) atoms. The molecule has 1 heterocycles. The van der Waals surface area contributed by atoms with E-state index in [9.17, 15) is 9.59 Å². The van der Waals surface area contributed by atoms with E-state index in [4.69, 9.17) is 9.47 Å². The van der Waals surface area contributed by atoms with Crippen LogP contribution in [-0.2, 0) is 11.2 Å². The summed E-state index contributed by atoms with van der Waals surface area (Å²) < 4.78 is 10.3. The van der Waals surface area contributed by atoms with Crippen LogP contribution < -0.4 is 20.2 Å². The second-order valence-corrected chi connectivity index (χ2v) is 6.96. The molecule has 154 valence electrons. The molecule has 0 aliphatic rings. The number of hydrogen-bond acceptors (Lipinski definition) is 8. The number of anilines is 1. The van der Waals surface area contributed by atoms with Gasteiger partial charge in [0.1, 0.15) is 16.5 Å². The molecule has 1 aromatic heterocycles. The second kappa shape index (κ2) is 10.1. The number of aromatic nitrogens is 2. The van der Waals surface area contributed by atoms with Crippen molar-refractivity contribution < 1.29 is 19.1 Å². The zero-order valence-electron chi connectivity index (χ0n) is 16.3. The zero-order chi connectivity index (χ0) is 21.3. The average molecular weight is 425 g/mol. The van der Waals surface area contributed by atoms with Crippen LogP contribution in [0.1, 0.15) is 20.9 Å². The Labute approximate surface area is 176 Å². The predicted molar refractivity (Wildman–Crippen MR) is 113 cm³/mol. The summed E-state index contributed by atoms with van der Waals surface area (Å²) in [6.45, 7) is 0. The number of nitrogens with one attached hydrogen (secondary N) is 2. The van der Waals surface area contributed by atoms with Crippen LogP contribution in [0.25, 0.3) is 0 Å². The third-order valence-electron chi connectivity index (χ3n) is 3.88. The number of hydrazone groups is 1. The van der Waals surface area contributed by atoms with Crippen LogP contribution in [0.2, 0.25) is 0 Å². The van der Waals surface area contributed by atoms with Gasteiger partial charge in [0.25, 0.3) is 5.91 Å². The summed E-state index contributed by atoms with van der Waals surface area (Å²) in [5.74, 6) is 0.623. The highest BCUT2D eigenvalue weighted by molar-refractivity contribution is 7.15. The van der Waals surface area contributed by atoms with Crippen molar-refractivity contribution in [3.63, 3.8) is 0 Å². The van der Waals surface area contributed by atoms with Crippen LogP contribution in [-0.4, -0.2) is 42.4 Å². The lowest BCUT2D eigenvalue weighted by atomic mass is 10.2. The number of nitrogens with zero attached hydrogens (tertiary/aromatic N) is 3. The fraction of sp³-hybridized carbons (Fsp3) is 0.150. The Morgan fingerprint density at radius 1 is 1.07 bits per heavy atom. The van der Waals surface area contributed by atoms with Gasteiger partial charge in [0.2, 0.25) is 11.0 Å². The lowest BCUT2D eigenvalue weighted by Crippen LogP contribution is -2.19. The first-order valence-electron chi connectivity index (χ1n) is 8.81. The molecular weight excluding hydrogens is 406 g/mol. The van der Waals surface area contributed by atoms with E-state index in [-0.39, 0.29) is 18.2 Å². The first-order valence-corrected chi connectivity index (χ1v) is 9.63. The molecule has 0 aliphatic heterocycles. The van der Waals surface area contributed by atoms with Gasteiger partial charge < -0.3 is 9.47 Å². The molecule has 10 heteroatoms. The highest BCUT2D eigenvalue weighted by Gasteiger charge is 2.12. The first-order chi connectivity index (χ1) is 14.6. The van der Waals surface area contributed by atoms with Crippen LogP contribution in [0.15, 0.2) is 53.6 Å². The summed E-state index contributed by atoms with van der Waals surface area (Å²) in [6, 6.07) is 14.0. The summed E-state index contributed by atoms with van der Waals surface area (Å²) in [5.41, 5.74) is 3.62. The Morgan fingerprint density at radius 3 is 2.57 bits per heavy atom. The fourth-order valence-electron chi connectivity index (χ4n) is 2.41. The first kappa shape index (κ1) is 20.9. The molecule has 0 saturated carbocycles. The van der Waals surface area contributed by atoms with E-state index in [1.165, 1.54) is 6.21 Å². The minimum absolute atomic E-state index is 0.0145. The Hall–Kier alpha value is -3.79.